The summed E-state index contributed by atoms with van der Waals surface area (Å²) in [6, 6.07) is 3.25. The summed E-state index contributed by atoms with van der Waals surface area (Å²) in [6.07, 6.45) is 3.20. The Kier molecular flexibility index (Phi) is 4.72. The fourth-order valence-electron chi connectivity index (χ4n) is 1.44. The van der Waals surface area contributed by atoms with Crippen molar-refractivity contribution in [2.24, 2.45) is 0 Å². The molecule has 2 aromatic rings. The van der Waals surface area contributed by atoms with Crippen molar-refractivity contribution < 1.29 is 4.79 Å². The molecular weight excluding hydrogens is 388 g/mol. The van der Waals surface area contributed by atoms with Crippen molar-refractivity contribution in [2.75, 3.05) is 10.6 Å². The Morgan fingerprint density at radius 1 is 0.950 bits per heavy atom. The van der Waals surface area contributed by atoms with Crippen molar-refractivity contribution in [1.29, 1.82) is 0 Å². The number of hydrogen-bond acceptors (Lipinski definition) is 3. The average molecular weight is 400 g/mol. The third kappa shape index (κ3) is 3.77. The Labute approximate surface area is 133 Å². The predicted molar refractivity (Wildman–Crippen MR) is 86.0 cm³/mol. The van der Waals surface area contributed by atoms with Gasteiger partial charge in [-0.1, -0.05) is 0 Å². The summed E-state index contributed by atoms with van der Waals surface area (Å²) in [5.74, 6) is 0. The van der Waals surface area contributed by atoms with Gasteiger partial charge in [0.1, 0.15) is 0 Å². The van der Waals surface area contributed by atoms with Crippen LogP contribution in [0.25, 0.3) is 0 Å². The first-order chi connectivity index (χ1) is 9.45. The number of pyridine rings is 2. The molecule has 104 valence electrons. The van der Waals surface area contributed by atoms with E-state index in [1.807, 2.05) is 13.8 Å². The van der Waals surface area contributed by atoms with Crippen LogP contribution in [0.3, 0.4) is 0 Å². The lowest BCUT2D eigenvalue weighted by atomic mass is 10.3. The van der Waals surface area contributed by atoms with Crippen LogP contribution in [0.5, 0.6) is 0 Å². The van der Waals surface area contributed by atoms with E-state index in [0.29, 0.717) is 11.4 Å². The summed E-state index contributed by atoms with van der Waals surface area (Å²) in [4.78, 5) is 20.2. The first-order valence-electron chi connectivity index (χ1n) is 5.78. The van der Waals surface area contributed by atoms with Gasteiger partial charge in [-0.15, -0.1) is 0 Å². The lowest BCUT2D eigenvalue weighted by molar-refractivity contribution is 0.262. The number of nitrogens with one attached hydrogen (secondary N) is 2. The number of aromatic nitrogens is 2. The molecule has 2 aromatic heterocycles. The topological polar surface area (TPSA) is 66.9 Å². The lowest BCUT2D eigenvalue weighted by Gasteiger charge is -2.09. The highest BCUT2D eigenvalue weighted by Crippen LogP contribution is 2.20. The Morgan fingerprint density at radius 3 is 1.70 bits per heavy atom. The predicted octanol–water partition coefficient (Wildman–Crippen LogP) is 4.26. The van der Waals surface area contributed by atoms with Crippen LogP contribution in [0, 0.1) is 13.8 Å². The maximum absolute atomic E-state index is 11.9. The molecule has 0 radical (unpaired) electrons. The van der Waals surface area contributed by atoms with Crippen LogP contribution in [-0.4, -0.2) is 16.0 Å². The van der Waals surface area contributed by atoms with Crippen LogP contribution in [-0.2, 0) is 0 Å². The monoisotopic (exact) mass is 398 g/mol. The SMILES string of the molecule is Cc1ncc(NC(=O)Nc2cnc(C)c(Br)c2)cc1Br. The molecule has 0 aliphatic carbocycles. The largest absolute Gasteiger partial charge is 0.323 e. The molecule has 7 heteroatoms. The maximum atomic E-state index is 11.9. The van der Waals surface area contributed by atoms with Crippen molar-refractivity contribution in [3.8, 4) is 0 Å². The Hall–Kier alpha value is -1.47. The molecule has 0 atom stereocenters. The minimum atomic E-state index is -0.347. The summed E-state index contributed by atoms with van der Waals surface area (Å²) in [6.45, 7) is 3.76. The van der Waals surface area contributed by atoms with Gasteiger partial charge in [-0.3, -0.25) is 9.97 Å². The molecule has 0 spiro atoms. The molecule has 0 aliphatic rings. The number of urea groups is 1. The molecule has 5 nitrogen and oxygen atoms in total. The van der Waals surface area contributed by atoms with Crippen LogP contribution >= 0.6 is 31.9 Å². The molecule has 0 aromatic carbocycles. The zero-order chi connectivity index (χ0) is 14.7. The first kappa shape index (κ1) is 14.9. The number of rotatable bonds is 2. The van der Waals surface area contributed by atoms with Gasteiger partial charge < -0.3 is 10.6 Å². The molecule has 20 heavy (non-hydrogen) atoms. The number of halogens is 2. The summed E-state index contributed by atoms with van der Waals surface area (Å²) in [5.41, 5.74) is 2.95. The molecule has 2 rings (SSSR count). The van der Waals surface area contributed by atoms with Crippen LogP contribution in [0.2, 0.25) is 0 Å². The van der Waals surface area contributed by atoms with E-state index in [4.69, 9.17) is 0 Å². The first-order valence-corrected chi connectivity index (χ1v) is 7.36. The molecule has 2 amide bonds. The molecule has 0 saturated heterocycles. The molecule has 0 aliphatic heterocycles. The molecule has 2 N–H and O–H groups in total. The highest BCUT2D eigenvalue weighted by Gasteiger charge is 2.06. The van der Waals surface area contributed by atoms with Crippen LogP contribution in [0.1, 0.15) is 11.4 Å². The Bertz CT molecular complexity index is 605. The Morgan fingerprint density at radius 2 is 1.35 bits per heavy atom. The summed E-state index contributed by atoms with van der Waals surface area (Å²) in [7, 11) is 0. The van der Waals surface area contributed by atoms with E-state index in [9.17, 15) is 4.79 Å². The van der Waals surface area contributed by atoms with Gasteiger partial charge in [-0.25, -0.2) is 4.79 Å². The summed E-state index contributed by atoms with van der Waals surface area (Å²) < 4.78 is 1.69. The van der Waals surface area contributed by atoms with Gasteiger partial charge >= 0.3 is 6.03 Å². The Balaban J connectivity index is 2.04. The normalized spacial score (nSPS) is 10.2. The average Bonchev–Trinajstić information content (AvgIpc) is 2.38. The van der Waals surface area contributed by atoms with Crippen molar-refractivity contribution in [3.63, 3.8) is 0 Å². The highest BCUT2D eigenvalue weighted by atomic mass is 79.9. The second-order valence-electron chi connectivity index (χ2n) is 4.16. The fraction of sp³-hybridized carbons (Fsp3) is 0.154. The van der Waals surface area contributed by atoms with Gasteiger partial charge in [-0.2, -0.15) is 0 Å². The lowest BCUT2D eigenvalue weighted by Crippen LogP contribution is -2.19. The number of nitrogens with zero attached hydrogens (tertiary/aromatic N) is 2. The van der Waals surface area contributed by atoms with E-state index < -0.39 is 0 Å². The van der Waals surface area contributed by atoms with Crippen molar-refractivity contribution >= 4 is 49.3 Å². The summed E-state index contributed by atoms with van der Waals surface area (Å²) in [5, 5.41) is 5.41. The van der Waals surface area contributed by atoms with Crippen molar-refractivity contribution in [3.05, 3.63) is 44.9 Å². The zero-order valence-electron chi connectivity index (χ0n) is 10.9. The van der Waals surface area contributed by atoms with Crippen LogP contribution < -0.4 is 10.6 Å². The molecule has 0 unspecified atom stereocenters. The minimum Gasteiger partial charge on any atom is -0.306 e. The standard InChI is InChI=1S/C13H12Br2N4O/c1-7-11(14)3-9(5-16-7)18-13(20)19-10-4-12(15)8(2)17-6-10/h3-6H,1-2H3,(H2,18,19,20). The van der Waals surface area contributed by atoms with Gasteiger partial charge in [0.25, 0.3) is 0 Å². The molecule has 0 saturated carbocycles. The van der Waals surface area contributed by atoms with E-state index in [1.54, 1.807) is 24.5 Å². The zero-order valence-corrected chi connectivity index (χ0v) is 14.0. The highest BCUT2D eigenvalue weighted by molar-refractivity contribution is 9.10. The van der Waals surface area contributed by atoms with Crippen LogP contribution in [0.4, 0.5) is 16.2 Å². The van der Waals surface area contributed by atoms with Crippen molar-refractivity contribution in [1.82, 2.24) is 9.97 Å². The smallest absolute Gasteiger partial charge is 0.306 e. The number of hydrogen-bond donors (Lipinski definition) is 2. The quantitative estimate of drug-likeness (QED) is 0.792. The van der Waals surface area contributed by atoms with E-state index in [0.717, 1.165) is 20.3 Å². The van der Waals surface area contributed by atoms with E-state index >= 15 is 0 Å². The number of anilines is 2. The minimum absolute atomic E-state index is 0.347. The molecule has 0 bridgehead atoms. The number of amides is 2. The van der Waals surface area contributed by atoms with Gasteiger partial charge in [0.15, 0.2) is 0 Å². The number of aryl methyl sites for hydroxylation is 2. The van der Waals surface area contributed by atoms with E-state index in [2.05, 4.69) is 52.5 Å². The molecular formula is C13H12Br2N4O. The number of carbonyl (C=O) groups excluding carboxylic acids is 1. The van der Waals surface area contributed by atoms with E-state index in [1.165, 1.54) is 0 Å². The second kappa shape index (κ2) is 6.32. The molecule has 0 fully saturated rings. The van der Waals surface area contributed by atoms with Crippen LogP contribution in [0.15, 0.2) is 33.5 Å². The number of carbonyl (C=O) groups is 1. The van der Waals surface area contributed by atoms with Gasteiger partial charge in [0, 0.05) is 8.95 Å². The maximum Gasteiger partial charge on any atom is 0.323 e. The third-order valence-electron chi connectivity index (χ3n) is 2.57. The van der Waals surface area contributed by atoms with E-state index in [-0.39, 0.29) is 6.03 Å². The van der Waals surface area contributed by atoms with Crippen molar-refractivity contribution in [2.45, 2.75) is 13.8 Å². The van der Waals surface area contributed by atoms with Gasteiger partial charge in [0.2, 0.25) is 0 Å². The third-order valence-corrected chi connectivity index (χ3v) is 4.17. The summed E-state index contributed by atoms with van der Waals surface area (Å²) >= 11 is 6.74. The second-order valence-corrected chi connectivity index (χ2v) is 5.87. The van der Waals surface area contributed by atoms with Gasteiger partial charge in [0.05, 0.1) is 35.2 Å². The fourth-order valence-corrected chi connectivity index (χ4v) is 2.14. The molecule has 2 heterocycles. The van der Waals surface area contributed by atoms with Gasteiger partial charge in [-0.05, 0) is 57.8 Å².